The lowest BCUT2D eigenvalue weighted by atomic mass is 10.0. The van der Waals surface area contributed by atoms with Gasteiger partial charge in [-0.2, -0.15) is 0 Å². The molecule has 2 aromatic rings. The largest absolute Gasteiger partial charge is 0.496 e. The van der Waals surface area contributed by atoms with Crippen LogP contribution in [-0.4, -0.2) is 43.1 Å². The van der Waals surface area contributed by atoms with Crippen molar-refractivity contribution < 1.29 is 27.8 Å². The van der Waals surface area contributed by atoms with Crippen molar-refractivity contribution in [3.8, 4) is 5.75 Å². The molecule has 1 aliphatic heterocycles. The van der Waals surface area contributed by atoms with E-state index in [2.05, 4.69) is 5.32 Å². The van der Waals surface area contributed by atoms with Crippen molar-refractivity contribution in [2.24, 2.45) is 0 Å². The fourth-order valence-electron chi connectivity index (χ4n) is 3.09. The first kappa shape index (κ1) is 21.4. The molecule has 3 rings (SSSR count). The van der Waals surface area contributed by atoms with E-state index in [0.717, 1.165) is 17.0 Å². The summed E-state index contributed by atoms with van der Waals surface area (Å²) in [5.41, 5.74) is 0.597. The number of carbonyl (C=O) groups is 2. The zero-order chi connectivity index (χ0) is 21.8. The van der Waals surface area contributed by atoms with Gasteiger partial charge in [-0.25, -0.2) is 8.78 Å². The number of amides is 2. The lowest BCUT2D eigenvalue weighted by Crippen LogP contribution is -2.35. The second-order valence-electron chi connectivity index (χ2n) is 6.89. The maximum Gasteiger partial charge on any atom is 0.278 e. The van der Waals surface area contributed by atoms with Crippen LogP contribution in [0.4, 0.5) is 14.5 Å². The molecular weight excluding hydrogens is 394 g/mol. The van der Waals surface area contributed by atoms with Crippen LogP contribution in [0.1, 0.15) is 19.4 Å². The van der Waals surface area contributed by atoms with Gasteiger partial charge >= 0.3 is 0 Å². The molecule has 0 bridgehead atoms. The number of rotatable bonds is 8. The normalized spacial score (nSPS) is 14.1. The monoisotopic (exact) mass is 416 g/mol. The maximum absolute atomic E-state index is 13.7. The molecule has 6 nitrogen and oxygen atoms in total. The lowest BCUT2D eigenvalue weighted by Gasteiger charge is -2.16. The summed E-state index contributed by atoms with van der Waals surface area (Å²) in [4.78, 5) is 27.3. The second kappa shape index (κ2) is 9.04. The van der Waals surface area contributed by atoms with E-state index >= 15 is 0 Å². The van der Waals surface area contributed by atoms with Crippen molar-refractivity contribution in [1.82, 2.24) is 4.90 Å². The Morgan fingerprint density at radius 3 is 2.43 bits per heavy atom. The molecule has 1 heterocycles. The van der Waals surface area contributed by atoms with E-state index in [4.69, 9.17) is 9.47 Å². The molecule has 0 saturated carbocycles. The Bertz CT molecular complexity index is 1000. The van der Waals surface area contributed by atoms with Crippen molar-refractivity contribution in [3.63, 3.8) is 0 Å². The molecule has 30 heavy (non-hydrogen) atoms. The van der Waals surface area contributed by atoms with Crippen LogP contribution >= 0.6 is 0 Å². The number of methoxy groups -OCH3 is 1. The first-order chi connectivity index (χ1) is 14.3. The molecule has 1 N–H and O–H groups in total. The molecule has 8 heteroatoms. The van der Waals surface area contributed by atoms with E-state index in [-0.39, 0.29) is 36.2 Å². The minimum absolute atomic E-state index is 0.0416. The van der Waals surface area contributed by atoms with E-state index in [1.165, 1.54) is 13.2 Å². The molecule has 0 spiro atoms. The number of nitrogens with one attached hydrogen (secondary N) is 1. The Kier molecular flexibility index (Phi) is 6.47. The Balaban J connectivity index is 2.02. The number of ether oxygens (including phenoxy) is 2. The first-order valence-electron chi connectivity index (χ1n) is 9.41. The van der Waals surface area contributed by atoms with Crippen molar-refractivity contribution in [2.45, 2.75) is 20.0 Å². The van der Waals surface area contributed by atoms with Gasteiger partial charge in [0.25, 0.3) is 11.8 Å². The van der Waals surface area contributed by atoms with Crippen LogP contribution in [0.5, 0.6) is 5.75 Å². The van der Waals surface area contributed by atoms with E-state index in [1.54, 1.807) is 24.3 Å². The number of carbonyl (C=O) groups excluding carboxylic acids is 2. The smallest absolute Gasteiger partial charge is 0.278 e. The topological polar surface area (TPSA) is 67.9 Å². The fourth-order valence-corrected chi connectivity index (χ4v) is 3.09. The molecule has 1 aliphatic rings. The highest BCUT2D eigenvalue weighted by Crippen LogP contribution is 2.35. The van der Waals surface area contributed by atoms with Crippen LogP contribution in [0.3, 0.4) is 0 Å². The van der Waals surface area contributed by atoms with Gasteiger partial charge in [-0.1, -0.05) is 18.2 Å². The summed E-state index contributed by atoms with van der Waals surface area (Å²) in [5.74, 6) is -2.79. The summed E-state index contributed by atoms with van der Waals surface area (Å²) in [6.45, 7) is 3.93. The van der Waals surface area contributed by atoms with Crippen molar-refractivity contribution >= 4 is 23.1 Å². The van der Waals surface area contributed by atoms with Crippen LogP contribution < -0.4 is 10.1 Å². The van der Waals surface area contributed by atoms with E-state index < -0.39 is 23.4 Å². The quantitative estimate of drug-likeness (QED) is 0.666. The zero-order valence-electron chi connectivity index (χ0n) is 16.9. The van der Waals surface area contributed by atoms with Crippen LogP contribution in [0.15, 0.2) is 48.2 Å². The third kappa shape index (κ3) is 4.33. The van der Waals surface area contributed by atoms with Gasteiger partial charge in [0.1, 0.15) is 11.4 Å². The summed E-state index contributed by atoms with van der Waals surface area (Å²) < 4.78 is 37.8. The summed E-state index contributed by atoms with van der Waals surface area (Å²) in [6, 6.07) is 9.91. The third-order valence-electron chi connectivity index (χ3n) is 4.50. The van der Waals surface area contributed by atoms with Crippen LogP contribution in [0.25, 0.3) is 5.57 Å². The average molecular weight is 416 g/mol. The second-order valence-corrected chi connectivity index (χ2v) is 6.89. The predicted molar refractivity (Wildman–Crippen MR) is 108 cm³/mol. The summed E-state index contributed by atoms with van der Waals surface area (Å²) in [5, 5.41) is 2.78. The van der Waals surface area contributed by atoms with E-state index in [0.29, 0.717) is 11.3 Å². The Hall–Kier alpha value is -3.26. The molecule has 0 aliphatic carbocycles. The summed E-state index contributed by atoms with van der Waals surface area (Å²) in [6.07, 6.45) is -0.0563. The Morgan fingerprint density at radius 2 is 1.77 bits per heavy atom. The van der Waals surface area contributed by atoms with Gasteiger partial charge in [0.2, 0.25) is 0 Å². The molecule has 2 aromatic carbocycles. The first-order valence-corrected chi connectivity index (χ1v) is 9.41. The number of halogens is 2. The number of anilines is 1. The molecule has 0 atom stereocenters. The lowest BCUT2D eigenvalue weighted by molar-refractivity contribution is -0.137. The Morgan fingerprint density at radius 1 is 1.03 bits per heavy atom. The van der Waals surface area contributed by atoms with Gasteiger partial charge in [0.05, 0.1) is 31.9 Å². The van der Waals surface area contributed by atoms with Crippen molar-refractivity contribution in [3.05, 3.63) is 65.4 Å². The number of hydrogen-bond acceptors (Lipinski definition) is 5. The highest BCUT2D eigenvalue weighted by molar-refractivity contribution is 6.37. The number of benzene rings is 2. The Labute approximate surface area is 173 Å². The van der Waals surface area contributed by atoms with Crippen LogP contribution in [0.2, 0.25) is 0 Å². The number of para-hydroxylation sites is 1. The zero-order valence-corrected chi connectivity index (χ0v) is 16.9. The number of nitrogens with zero attached hydrogens (tertiary/aromatic N) is 1. The molecule has 158 valence electrons. The fraction of sp³-hybridized carbons (Fsp3) is 0.273. The highest BCUT2D eigenvalue weighted by Gasteiger charge is 2.40. The minimum Gasteiger partial charge on any atom is -0.496 e. The minimum atomic E-state index is -1.07. The third-order valence-corrected chi connectivity index (χ3v) is 4.50. The molecule has 0 fully saturated rings. The molecule has 2 amide bonds. The molecule has 0 aromatic heterocycles. The molecule has 0 radical (unpaired) electrons. The van der Waals surface area contributed by atoms with E-state index in [1.807, 2.05) is 13.8 Å². The summed E-state index contributed by atoms with van der Waals surface area (Å²) >= 11 is 0. The van der Waals surface area contributed by atoms with Crippen LogP contribution in [0, 0.1) is 11.6 Å². The number of imide groups is 1. The predicted octanol–water partition coefficient (Wildman–Crippen LogP) is 3.59. The SMILES string of the molecule is COc1ccccc1C1=C(Nc2ccc(F)c(F)c2)C(=O)N(CCOC(C)C)C1=O. The molecule has 0 saturated heterocycles. The number of hydrogen-bond donors (Lipinski definition) is 1. The maximum atomic E-state index is 13.7. The molecule has 0 unspecified atom stereocenters. The highest BCUT2D eigenvalue weighted by atomic mass is 19.2. The standard InChI is InChI=1S/C22H22F2N2O4/c1-13(2)30-11-10-26-21(27)19(15-6-4-5-7-18(15)29-3)20(22(26)28)25-14-8-9-16(23)17(24)12-14/h4-9,12-13,25H,10-11H2,1-3H3. The van der Waals surface area contributed by atoms with Gasteiger partial charge in [-0.15, -0.1) is 0 Å². The van der Waals surface area contributed by atoms with Crippen molar-refractivity contribution in [2.75, 3.05) is 25.6 Å². The van der Waals surface area contributed by atoms with Gasteiger partial charge in [0, 0.05) is 17.3 Å². The van der Waals surface area contributed by atoms with Gasteiger partial charge in [-0.3, -0.25) is 14.5 Å². The molecular formula is C22H22F2N2O4. The average Bonchev–Trinajstić information content (AvgIpc) is 2.94. The van der Waals surface area contributed by atoms with E-state index in [9.17, 15) is 18.4 Å². The van der Waals surface area contributed by atoms with Crippen LogP contribution in [-0.2, 0) is 14.3 Å². The van der Waals surface area contributed by atoms with Crippen molar-refractivity contribution in [1.29, 1.82) is 0 Å². The van der Waals surface area contributed by atoms with Gasteiger partial charge < -0.3 is 14.8 Å². The van der Waals surface area contributed by atoms with Gasteiger partial charge in [-0.05, 0) is 32.0 Å². The van der Waals surface area contributed by atoms with Gasteiger partial charge in [0.15, 0.2) is 11.6 Å². The summed E-state index contributed by atoms with van der Waals surface area (Å²) in [7, 11) is 1.46.